The molecule has 3 aromatic carbocycles. The standard InChI is InChI=1S/C31H31N3O3/c35-26-14-12-25(13-15-26)29-20-32-31(28(33-29)18-22-6-4-5-7-22)34-30(36)19-23-10-16-27(17-11-23)37-21-24-8-2-1-3-9-24/h1-3,8-17,20,22,35H,4-7,18-19,21H2,(H,32,34,36). The van der Waals surface area contributed by atoms with Gasteiger partial charge >= 0.3 is 0 Å². The Kier molecular flexibility index (Phi) is 7.75. The lowest BCUT2D eigenvalue weighted by Crippen LogP contribution is -2.18. The lowest BCUT2D eigenvalue weighted by atomic mass is 10.0. The first-order valence-corrected chi connectivity index (χ1v) is 12.8. The zero-order valence-electron chi connectivity index (χ0n) is 20.8. The lowest BCUT2D eigenvalue weighted by Gasteiger charge is -2.14. The highest BCUT2D eigenvalue weighted by Crippen LogP contribution is 2.30. The summed E-state index contributed by atoms with van der Waals surface area (Å²) >= 11 is 0. The van der Waals surface area contributed by atoms with Gasteiger partial charge < -0.3 is 15.2 Å². The number of hydrogen-bond acceptors (Lipinski definition) is 5. The summed E-state index contributed by atoms with van der Waals surface area (Å²) in [6.45, 7) is 0.503. The first-order valence-electron chi connectivity index (χ1n) is 12.8. The molecular weight excluding hydrogens is 462 g/mol. The highest BCUT2D eigenvalue weighted by Gasteiger charge is 2.20. The quantitative estimate of drug-likeness (QED) is 0.284. The van der Waals surface area contributed by atoms with E-state index in [1.54, 1.807) is 18.3 Å². The van der Waals surface area contributed by atoms with Crippen molar-refractivity contribution in [2.45, 2.75) is 45.1 Å². The first-order chi connectivity index (χ1) is 18.1. The minimum Gasteiger partial charge on any atom is -0.508 e. The number of benzene rings is 3. The molecule has 1 fully saturated rings. The molecule has 0 atom stereocenters. The highest BCUT2D eigenvalue weighted by molar-refractivity contribution is 5.92. The Morgan fingerprint density at radius 1 is 0.919 bits per heavy atom. The molecule has 0 spiro atoms. The van der Waals surface area contributed by atoms with E-state index in [1.165, 1.54) is 25.7 Å². The minimum atomic E-state index is -0.127. The second kappa shape index (κ2) is 11.7. The zero-order chi connectivity index (χ0) is 25.5. The lowest BCUT2D eigenvalue weighted by molar-refractivity contribution is -0.115. The number of carbonyl (C=O) groups is 1. The van der Waals surface area contributed by atoms with E-state index in [1.807, 2.05) is 66.7 Å². The summed E-state index contributed by atoms with van der Waals surface area (Å²) < 4.78 is 5.85. The summed E-state index contributed by atoms with van der Waals surface area (Å²) in [5, 5.41) is 12.6. The van der Waals surface area contributed by atoms with Crippen LogP contribution in [0.15, 0.2) is 85.1 Å². The second-order valence-corrected chi connectivity index (χ2v) is 9.60. The van der Waals surface area contributed by atoms with E-state index in [0.717, 1.165) is 40.2 Å². The van der Waals surface area contributed by atoms with Crippen molar-refractivity contribution >= 4 is 11.7 Å². The molecule has 1 heterocycles. The highest BCUT2D eigenvalue weighted by atomic mass is 16.5. The molecule has 0 radical (unpaired) electrons. The van der Waals surface area contributed by atoms with Gasteiger partial charge in [0, 0.05) is 5.56 Å². The summed E-state index contributed by atoms with van der Waals surface area (Å²) in [4.78, 5) is 22.4. The molecule has 1 saturated carbocycles. The number of nitrogens with zero attached hydrogens (tertiary/aromatic N) is 2. The smallest absolute Gasteiger partial charge is 0.229 e. The van der Waals surface area contributed by atoms with Crippen molar-refractivity contribution in [2.24, 2.45) is 5.92 Å². The van der Waals surface area contributed by atoms with Crippen LogP contribution in [-0.2, 0) is 24.2 Å². The maximum atomic E-state index is 12.9. The van der Waals surface area contributed by atoms with Crippen molar-refractivity contribution in [3.8, 4) is 22.8 Å². The third-order valence-corrected chi connectivity index (χ3v) is 6.76. The Morgan fingerprint density at radius 3 is 2.38 bits per heavy atom. The summed E-state index contributed by atoms with van der Waals surface area (Å²) in [6.07, 6.45) is 7.55. The summed E-state index contributed by atoms with van der Waals surface area (Å²) in [5.74, 6) is 1.94. The van der Waals surface area contributed by atoms with Crippen LogP contribution >= 0.6 is 0 Å². The van der Waals surface area contributed by atoms with Gasteiger partial charge in [-0.1, -0.05) is 68.1 Å². The number of nitrogens with one attached hydrogen (secondary N) is 1. The van der Waals surface area contributed by atoms with Crippen LogP contribution in [0.3, 0.4) is 0 Å². The predicted molar refractivity (Wildman–Crippen MR) is 144 cm³/mol. The van der Waals surface area contributed by atoms with Gasteiger partial charge in [-0.15, -0.1) is 0 Å². The fourth-order valence-corrected chi connectivity index (χ4v) is 4.74. The number of amides is 1. The largest absolute Gasteiger partial charge is 0.508 e. The van der Waals surface area contributed by atoms with Gasteiger partial charge in [0.05, 0.1) is 24.0 Å². The van der Waals surface area contributed by atoms with Gasteiger partial charge in [0.15, 0.2) is 5.82 Å². The number of aromatic nitrogens is 2. The molecule has 6 heteroatoms. The van der Waals surface area contributed by atoms with Crippen LogP contribution in [0, 0.1) is 5.92 Å². The number of hydrogen-bond donors (Lipinski definition) is 2. The number of phenolic OH excluding ortho intramolecular Hbond substituents is 1. The maximum absolute atomic E-state index is 12.9. The van der Waals surface area contributed by atoms with Gasteiger partial charge in [0.1, 0.15) is 18.1 Å². The van der Waals surface area contributed by atoms with Crippen molar-refractivity contribution in [3.05, 3.63) is 102 Å². The number of ether oxygens (including phenoxy) is 1. The van der Waals surface area contributed by atoms with Crippen molar-refractivity contribution in [3.63, 3.8) is 0 Å². The molecule has 5 rings (SSSR count). The van der Waals surface area contributed by atoms with Gasteiger partial charge in [-0.2, -0.15) is 0 Å². The van der Waals surface area contributed by atoms with Crippen LogP contribution in [0.25, 0.3) is 11.3 Å². The molecule has 2 N–H and O–H groups in total. The topological polar surface area (TPSA) is 84.3 Å². The molecule has 1 aromatic heterocycles. The molecule has 0 aliphatic heterocycles. The van der Waals surface area contributed by atoms with E-state index in [2.05, 4.69) is 10.3 Å². The van der Waals surface area contributed by atoms with Crippen LogP contribution in [0.1, 0.15) is 42.5 Å². The normalized spacial score (nSPS) is 13.4. The number of anilines is 1. The molecule has 6 nitrogen and oxygen atoms in total. The van der Waals surface area contributed by atoms with Crippen LogP contribution in [0.4, 0.5) is 5.82 Å². The average molecular weight is 494 g/mol. The number of aromatic hydroxyl groups is 1. The minimum absolute atomic E-state index is 0.127. The van der Waals surface area contributed by atoms with Crippen LogP contribution < -0.4 is 10.1 Å². The van der Waals surface area contributed by atoms with Crippen molar-refractivity contribution in [1.82, 2.24) is 9.97 Å². The first kappa shape index (κ1) is 24.5. The zero-order valence-corrected chi connectivity index (χ0v) is 20.8. The fourth-order valence-electron chi connectivity index (χ4n) is 4.74. The predicted octanol–water partition coefficient (Wildman–Crippen LogP) is 6.34. The number of phenols is 1. The van der Waals surface area contributed by atoms with E-state index in [9.17, 15) is 9.90 Å². The fraction of sp³-hybridized carbons (Fsp3) is 0.258. The van der Waals surface area contributed by atoms with E-state index >= 15 is 0 Å². The van der Waals surface area contributed by atoms with E-state index < -0.39 is 0 Å². The van der Waals surface area contributed by atoms with E-state index in [-0.39, 0.29) is 18.1 Å². The van der Waals surface area contributed by atoms with Crippen molar-refractivity contribution in [1.29, 1.82) is 0 Å². The van der Waals surface area contributed by atoms with E-state index in [4.69, 9.17) is 9.72 Å². The molecular formula is C31H31N3O3. The molecule has 4 aromatic rings. The molecule has 1 aliphatic rings. The van der Waals surface area contributed by atoms with Crippen LogP contribution in [0.5, 0.6) is 11.5 Å². The van der Waals surface area contributed by atoms with Gasteiger partial charge in [-0.25, -0.2) is 9.97 Å². The summed E-state index contributed by atoms with van der Waals surface area (Å²) in [5.41, 5.74) is 4.44. The third kappa shape index (κ3) is 6.73. The van der Waals surface area contributed by atoms with Gasteiger partial charge in [0.25, 0.3) is 0 Å². The average Bonchev–Trinajstić information content (AvgIpc) is 3.43. The Balaban J connectivity index is 1.25. The molecule has 1 aliphatic carbocycles. The second-order valence-electron chi connectivity index (χ2n) is 9.60. The Labute approximate surface area is 217 Å². The number of carbonyl (C=O) groups excluding carboxylic acids is 1. The van der Waals surface area contributed by atoms with Crippen LogP contribution in [0.2, 0.25) is 0 Å². The van der Waals surface area contributed by atoms with Gasteiger partial charge in [-0.3, -0.25) is 4.79 Å². The third-order valence-electron chi connectivity index (χ3n) is 6.76. The summed E-state index contributed by atoms with van der Waals surface area (Å²) in [6, 6.07) is 24.6. The molecule has 188 valence electrons. The Morgan fingerprint density at radius 2 is 1.65 bits per heavy atom. The number of rotatable bonds is 9. The van der Waals surface area contributed by atoms with Gasteiger partial charge in [-0.05, 0) is 59.9 Å². The molecule has 37 heavy (non-hydrogen) atoms. The molecule has 0 bridgehead atoms. The molecule has 1 amide bonds. The monoisotopic (exact) mass is 493 g/mol. The van der Waals surface area contributed by atoms with Crippen molar-refractivity contribution < 1.29 is 14.6 Å². The maximum Gasteiger partial charge on any atom is 0.229 e. The van der Waals surface area contributed by atoms with Crippen molar-refractivity contribution in [2.75, 3.05) is 5.32 Å². The van der Waals surface area contributed by atoms with E-state index in [0.29, 0.717) is 18.3 Å². The SMILES string of the molecule is O=C(Cc1ccc(OCc2ccccc2)cc1)Nc1ncc(-c2ccc(O)cc2)nc1CC1CCCC1. The summed E-state index contributed by atoms with van der Waals surface area (Å²) in [7, 11) is 0. The molecule has 0 saturated heterocycles. The van der Waals surface area contributed by atoms with Crippen LogP contribution in [-0.4, -0.2) is 21.0 Å². The van der Waals surface area contributed by atoms with Gasteiger partial charge in [0.2, 0.25) is 5.91 Å². The Bertz CT molecular complexity index is 1320. The molecule has 0 unspecified atom stereocenters. The Hall–Kier alpha value is -4.19.